The molecule has 0 amide bonds. The van der Waals surface area contributed by atoms with E-state index in [0.29, 0.717) is 13.2 Å². The summed E-state index contributed by atoms with van der Waals surface area (Å²) < 4.78 is 26.7. The van der Waals surface area contributed by atoms with Gasteiger partial charge in [0.2, 0.25) is 0 Å². The zero-order valence-corrected chi connectivity index (χ0v) is 30.3. The Kier molecular flexibility index (Phi) is 13.1. The lowest BCUT2D eigenvalue weighted by atomic mass is 10.00. The zero-order chi connectivity index (χ0) is 31.1. The standard InChI is InChI=1S/C35H60O4Si2/c1-27(2)21-32(25-36-40(10,11)34(4,5)6)38-30(20-19-29-17-15-14-16-18-29)24-31-22-28(3)23-33(39-31)26-37-41(12,13)35(7,8)9/h14-20,22,30-33H,1,21,23-26H2,2-13H3/b20-19+/t30-,31+,32+,33+/m0/s1. The molecular formula is C35H60O4Si2. The quantitative estimate of drug-likeness (QED) is 0.157. The van der Waals surface area contributed by atoms with Gasteiger partial charge in [-0.3, -0.25) is 0 Å². The van der Waals surface area contributed by atoms with Crippen molar-refractivity contribution < 1.29 is 18.3 Å². The van der Waals surface area contributed by atoms with Gasteiger partial charge in [0, 0.05) is 6.42 Å². The average molecular weight is 601 g/mol. The Labute approximate surface area is 254 Å². The van der Waals surface area contributed by atoms with Crippen LogP contribution in [0.5, 0.6) is 0 Å². The molecule has 232 valence electrons. The van der Waals surface area contributed by atoms with Crippen molar-refractivity contribution in [3.05, 3.63) is 65.8 Å². The van der Waals surface area contributed by atoms with Crippen molar-refractivity contribution >= 4 is 22.7 Å². The van der Waals surface area contributed by atoms with E-state index >= 15 is 0 Å². The normalized spacial score (nSPS) is 20.6. The first kappa shape index (κ1) is 35.9. The third-order valence-corrected chi connectivity index (χ3v) is 18.0. The molecular weight excluding hydrogens is 541 g/mol. The Hall–Kier alpha value is -1.29. The minimum absolute atomic E-state index is 0.0334. The van der Waals surface area contributed by atoms with Crippen molar-refractivity contribution in [2.75, 3.05) is 13.2 Å². The second-order valence-electron chi connectivity index (χ2n) is 15.1. The van der Waals surface area contributed by atoms with E-state index in [1.807, 2.05) is 6.07 Å². The van der Waals surface area contributed by atoms with Crippen LogP contribution in [0.4, 0.5) is 0 Å². The summed E-state index contributed by atoms with van der Waals surface area (Å²) in [6.07, 6.45) is 8.88. The highest BCUT2D eigenvalue weighted by Gasteiger charge is 2.39. The van der Waals surface area contributed by atoms with Crippen molar-refractivity contribution in [2.45, 2.75) is 135 Å². The highest BCUT2D eigenvalue weighted by molar-refractivity contribution is 6.74. The van der Waals surface area contributed by atoms with Gasteiger partial charge in [-0.15, -0.1) is 6.58 Å². The average Bonchev–Trinajstić information content (AvgIpc) is 2.83. The SMILES string of the molecule is C=C(C)C[C@H](CO[Si](C)(C)C(C)(C)C)O[C@@H](/C=C/c1ccccc1)C[C@H]1C=C(C)C[C@H](CO[Si](C)(C)C(C)(C)C)O1. The van der Waals surface area contributed by atoms with Crippen molar-refractivity contribution in [2.24, 2.45) is 0 Å². The van der Waals surface area contributed by atoms with Gasteiger partial charge in [-0.05, 0) is 68.5 Å². The van der Waals surface area contributed by atoms with Gasteiger partial charge < -0.3 is 18.3 Å². The maximum Gasteiger partial charge on any atom is 0.192 e. The molecule has 0 aliphatic carbocycles. The number of rotatable bonds is 14. The molecule has 41 heavy (non-hydrogen) atoms. The van der Waals surface area contributed by atoms with Crippen molar-refractivity contribution in [3.8, 4) is 0 Å². The summed E-state index contributed by atoms with van der Waals surface area (Å²) in [5, 5.41) is 0.324. The molecule has 0 radical (unpaired) electrons. The zero-order valence-electron chi connectivity index (χ0n) is 28.3. The number of hydrogen-bond acceptors (Lipinski definition) is 4. The van der Waals surface area contributed by atoms with E-state index in [2.05, 4.69) is 131 Å². The van der Waals surface area contributed by atoms with Crippen LogP contribution in [0.15, 0.2) is 60.2 Å². The van der Waals surface area contributed by atoms with E-state index in [-0.39, 0.29) is 34.5 Å². The maximum absolute atomic E-state index is 6.84. The van der Waals surface area contributed by atoms with Crippen LogP contribution in [0.3, 0.4) is 0 Å². The van der Waals surface area contributed by atoms with Gasteiger partial charge in [-0.25, -0.2) is 0 Å². The van der Waals surface area contributed by atoms with Gasteiger partial charge in [0.05, 0.1) is 37.6 Å². The Bertz CT molecular complexity index is 1010. The Morgan fingerprint density at radius 3 is 2.15 bits per heavy atom. The van der Waals surface area contributed by atoms with Gasteiger partial charge in [-0.1, -0.05) is 101 Å². The van der Waals surface area contributed by atoms with Crippen LogP contribution < -0.4 is 0 Å². The molecule has 1 aliphatic heterocycles. The molecule has 4 atom stereocenters. The summed E-state index contributed by atoms with van der Waals surface area (Å²) >= 11 is 0. The summed E-state index contributed by atoms with van der Waals surface area (Å²) in [6, 6.07) is 10.4. The van der Waals surface area contributed by atoms with Crippen LogP contribution in [0, 0.1) is 0 Å². The Morgan fingerprint density at radius 2 is 1.59 bits per heavy atom. The molecule has 2 rings (SSSR count). The molecule has 0 spiro atoms. The lowest BCUT2D eigenvalue weighted by Crippen LogP contribution is -2.44. The predicted molar refractivity (Wildman–Crippen MR) is 182 cm³/mol. The highest BCUT2D eigenvalue weighted by atomic mass is 28.4. The van der Waals surface area contributed by atoms with Crippen LogP contribution >= 0.6 is 0 Å². The summed E-state index contributed by atoms with van der Waals surface area (Å²) in [4.78, 5) is 0. The number of hydrogen-bond donors (Lipinski definition) is 0. The summed E-state index contributed by atoms with van der Waals surface area (Å²) in [5.41, 5.74) is 3.62. The lowest BCUT2D eigenvalue weighted by molar-refractivity contribution is -0.0654. The highest BCUT2D eigenvalue weighted by Crippen LogP contribution is 2.38. The fourth-order valence-electron chi connectivity index (χ4n) is 4.31. The van der Waals surface area contributed by atoms with E-state index in [4.69, 9.17) is 18.3 Å². The second-order valence-corrected chi connectivity index (χ2v) is 24.7. The first-order valence-corrected chi connectivity index (χ1v) is 21.2. The second kappa shape index (κ2) is 14.9. The summed E-state index contributed by atoms with van der Waals surface area (Å²) in [7, 11) is -3.76. The number of benzene rings is 1. The lowest BCUT2D eigenvalue weighted by Gasteiger charge is -2.39. The third kappa shape index (κ3) is 12.1. The smallest absolute Gasteiger partial charge is 0.192 e. The summed E-state index contributed by atoms with van der Waals surface area (Å²) in [6.45, 7) is 32.6. The van der Waals surface area contributed by atoms with E-state index in [1.54, 1.807) is 0 Å². The first-order valence-electron chi connectivity index (χ1n) is 15.4. The third-order valence-electron chi connectivity index (χ3n) is 8.97. The monoisotopic (exact) mass is 600 g/mol. The Balaban J connectivity index is 2.22. The fourth-order valence-corrected chi connectivity index (χ4v) is 6.38. The van der Waals surface area contributed by atoms with Crippen LogP contribution in [0.2, 0.25) is 36.3 Å². The Morgan fingerprint density at radius 1 is 1.00 bits per heavy atom. The van der Waals surface area contributed by atoms with Gasteiger partial charge in [-0.2, -0.15) is 0 Å². The minimum atomic E-state index is -1.91. The van der Waals surface area contributed by atoms with Gasteiger partial charge in [0.1, 0.15) is 0 Å². The molecule has 6 heteroatoms. The number of ether oxygens (including phenoxy) is 2. The molecule has 0 aromatic heterocycles. The van der Waals surface area contributed by atoms with Crippen LogP contribution in [0.25, 0.3) is 6.08 Å². The summed E-state index contributed by atoms with van der Waals surface area (Å²) in [5.74, 6) is 0. The van der Waals surface area contributed by atoms with Crippen LogP contribution in [-0.2, 0) is 18.3 Å². The van der Waals surface area contributed by atoms with E-state index < -0.39 is 16.6 Å². The van der Waals surface area contributed by atoms with E-state index in [1.165, 1.54) is 5.57 Å². The molecule has 0 saturated heterocycles. The molecule has 0 bridgehead atoms. The van der Waals surface area contributed by atoms with E-state index in [9.17, 15) is 0 Å². The van der Waals surface area contributed by atoms with Crippen LogP contribution in [-0.4, -0.2) is 54.3 Å². The molecule has 1 heterocycles. The van der Waals surface area contributed by atoms with Crippen molar-refractivity contribution in [1.29, 1.82) is 0 Å². The molecule has 1 aromatic carbocycles. The topological polar surface area (TPSA) is 36.9 Å². The van der Waals surface area contributed by atoms with E-state index in [0.717, 1.165) is 30.4 Å². The molecule has 0 unspecified atom stereocenters. The van der Waals surface area contributed by atoms with Gasteiger partial charge >= 0.3 is 0 Å². The van der Waals surface area contributed by atoms with Crippen molar-refractivity contribution in [3.63, 3.8) is 0 Å². The minimum Gasteiger partial charge on any atom is -0.414 e. The molecule has 0 saturated carbocycles. The van der Waals surface area contributed by atoms with Gasteiger partial charge in [0.25, 0.3) is 0 Å². The molecule has 1 aromatic rings. The molecule has 1 aliphatic rings. The van der Waals surface area contributed by atoms with Crippen LogP contribution in [0.1, 0.15) is 80.2 Å². The molecule has 4 nitrogen and oxygen atoms in total. The predicted octanol–water partition coefficient (Wildman–Crippen LogP) is 9.96. The fraction of sp³-hybridized carbons (Fsp3) is 0.657. The van der Waals surface area contributed by atoms with Gasteiger partial charge in [0.15, 0.2) is 16.6 Å². The first-order chi connectivity index (χ1) is 18.8. The maximum atomic E-state index is 6.84. The molecule has 0 fully saturated rings. The van der Waals surface area contributed by atoms with Crippen molar-refractivity contribution in [1.82, 2.24) is 0 Å². The molecule has 0 N–H and O–H groups in total. The largest absolute Gasteiger partial charge is 0.414 e.